The maximum absolute atomic E-state index is 2.45. The maximum Gasteiger partial charge on any atom is 0.0719 e. The number of benzene rings is 9. The van der Waals surface area contributed by atoms with Gasteiger partial charge in [0.05, 0.1) is 5.41 Å². The van der Waals surface area contributed by atoms with Crippen molar-refractivity contribution in [2.24, 2.45) is 5.92 Å². The molecule has 9 aromatic rings. The predicted octanol–water partition coefficient (Wildman–Crippen LogP) is 16.6. The second kappa shape index (κ2) is 14.8. The molecule has 1 unspecified atom stereocenters. The van der Waals surface area contributed by atoms with E-state index in [4.69, 9.17) is 0 Å². The zero-order chi connectivity index (χ0) is 43.0. The molecular formula is C63H49N. The van der Waals surface area contributed by atoms with Crippen LogP contribution in [-0.4, -0.2) is 0 Å². The van der Waals surface area contributed by atoms with E-state index in [-0.39, 0.29) is 10.8 Å². The van der Waals surface area contributed by atoms with Crippen LogP contribution in [0.4, 0.5) is 17.1 Å². The maximum atomic E-state index is 2.45. The molecule has 1 heteroatoms. The van der Waals surface area contributed by atoms with Gasteiger partial charge in [-0.3, -0.25) is 0 Å². The van der Waals surface area contributed by atoms with E-state index in [9.17, 15) is 0 Å². The van der Waals surface area contributed by atoms with Gasteiger partial charge in [-0.25, -0.2) is 0 Å². The van der Waals surface area contributed by atoms with Crippen molar-refractivity contribution in [3.05, 3.63) is 263 Å². The zero-order valence-corrected chi connectivity index (χ0v) is 36.6. The van der Waals surface area contributed by atoms with E-state index in [1.807, 2.05) is 0 Å². The van der Waals surface area contributed by atoms with Gasteiger partial charge in [-0.15, -0.1) is 0 Å². The van der Waals surface area contributed by atoms with Crippen LogP contribution in [-0.2, 0) is 10.8 Å². The van der Waals surface area contributed by atoms with Gasteiger partial charge in [0.1, 0.15) is 0 Å². The van der Waals surface area contributed by atoms with E-state index in [1.54, 1.807) is 0 Å². The third-order valence-electron chi connectivity index (χ3n) is 14.5. The lowest BCUT2D eigenvalue weighted by atomic mass is 9.55. The molecule has 0 amide bonds. The molecule has 1 atom stereocenters. The first-order valence-electron chi connectivity index (χ1n) is 22.8. The van der Waals surface area contributed by atoms with Crippen molar-refractivity contribution in [3.8, 4) is 33.4 Å². The van der Waals surface area contributed by atoms with E-state index in [0.717, 1.165) is 23.5 Å². The second-order valence-electron chi connectivity index (χ2n) is 18.6. The fourth-order valence-electron chi connectivity index (χ4n) is 11.3. The van der Waals surface area contributed by atoms with E-state index >= 15 is 0 Å². The van der Waals surface area contributed by atoms with Crippen molar-refractivity contribution in [1.29, 1.82) is 0 Å². The van der Waals surface area contributed by atoms with Crippen molar-refractivity contribution < 1.29 is 0 Å². The molecular weight excluding hydrogens is 771 g/mol. The Labute approximate surface area is 377 Å². The highest BCUT2D eigenvalue weighted by Gasteiger charge is 2.53. The summed E-state index contributed by atoms with van der Waals surface area (Å²) in [7, 11) is 0. The van der Waals surface area contributed by atoms with Gasteiger partial charge < -0.3 is 4.90 Å². The van der Waals surface area contributed by atoms with E-state index in [2.05, 4.69) is 250 Å². The molecule has 0 N–H and O–H groups in total. The average Bonchev–Trinajstić information content (AvgIpc) is 3.64. The molecule has 0 fully saturated rings. The first-order chi connectivity index (χ1) is 31.4. The van der Waals surface area contributed by atoms with Crippen molar-refractivity contribution in [2.75, 3.05) is 4.90 Å². The Hall–Kier alpha value is -7.48. The highest BCUT2D eigenvalue weighted by Crippen LogP contribution is 2.62. The SMILES string of the molecule is CC1C=CC=C(c2ccc(N(c3ccc(-c4ccc5c(c4)-c4ccccc4C54c5ccccc5C(C)(C)c5ccccc54)cc3)c3ccc(-c4ccc5ccccc5c4)cc3)cc2)C1. The lowest BCUT2D eigenvalue weighted by molar-refractivity contribution is 0.563. The van der Waals surface area contributed by atoms with Gasteiger partial charge in [0.2, 0.25) is 0 Å². The van der Waals surface area contributed by atoms with Gasteiger partial charge >= 0.3 is 0 Å². The number of fused-ring (bicyclic) bond motifs is 10. The Kier molecular flexibility index (Phi) is 8.85. The second-order valence-corrected chi connectivity index (χ2v) is 18.6. The highest BCUT2D eigenvalue weighted by atomic mass is 15.1. The third kappa shape index (κ3) is 5.91. The summed E-state index contributed by atoms with van der Waals surface area (Å²) in [4.78, 5) is 2.39. The molecule has 1 spiro atoms. The Bertz CT molecular complexity index is 3280. The topological polar surface area (TPSA) is 3.24 Å². The summed E-state index contributed by atoms with van der Waals surface area (Å²) >= 11 is 0. The van der Waals surface area contributed by atoms with Gasteiger partial charge in [0, 0.05) is 22.5 Å². The fourth-order valence-corrected chi connectivity index (χ4v) is 11.3. The van der Waals surface area contributed by atoms with Gasteiger partial charge in [-0.2, -0.15) is 0 Å². The van der Waals surface area contributed by atoms with Crippen molar-refractivity contribution >= 4 is 33.4 Å². The summed E-state index contributed by atoms with van der Waals surface area (Å²) < 4.78 is 0. The van der Waals surface area contributed by atoms with Crippen LogP contribution in [0.15, 0.2) is 224 Å². The van der Waals surface area contributed by atoms with E-state index < -0.39 is 0 Å². The molecule has 0 saturated carbocycles. The van der Waals surface area contributed by atoms with Crippen LogP contribution < -0.4 is 4.90 Å². The summed E-state index contributed by atoms with van der Waals surface area (Å²) in [5.41, 5.74) is 21.3. The molecule has 0 heterocycles. The molecule has 306 valence electrons. The van der Waals surface area contributed by atoms with Crippen LogP contribution >= 0.6 is 0 Å². The first kappa shape index (κ1) is 38.2. The molecule has 64 heavy (non-hydrogen) atoms. The van der Waals surface area contributed by atoms with Crippen LogP contribution in [0.5, 0.6) is 0 Å². The minimum absolute atomic E-state index is 0.115. The molecule has 3 aliphatic rings. The number of allylic oxidation sites excluding steroid dienone is 4. The predicted molar refractivity (Wildman–Crippen MR) is 270 cm³/mol. The normalized spacial score (nSPS) is 16.1. The number of hydrogen-bond acceptors (Lipinski definition) is 1. The minimum Gasteiger partial charge on any atom is -0.311 e. The summed E-state index contributed by atoms with van der Waals surface area (Å²) in [6.07, 6.45) is 7.82. The zero-order valence-electron chi connectivity index (χ0n) is 36.6. The van der Waals surface area contributed by atoms with Crippen LogP contribution in [0.2, 0.25) is 0 Å². The molecule has 3 aliphatic carbocycles. The highest BCUT2D eigenvalue weighted by molar-refractivity contribution is 5.92. The van der Waals surface area contributed by atoms with Gasteiger partial charge in [-0.05, 0) is 150 Å². The standard InChI is InChI=1S/C63H49N/c1-42-13-12-16-47(39-42)44-25-32-51(33-26-44)64(52-34-27-45(28-35-52)49-24-23-43-14-4-5-15-48(43)40-49)53-36-29-46(30-37-53)50-31-38-57-55(41-50)54-17-6-7-18-56(54)63(57)60-21-10-8-19-58(60)62(2,3)59-20-9-11-22-61(59)63/h4-38,40-42H,39H2,1-3H3. The number of anilines is 3. The van der Waals surface area contributed by atoms with Crippen molar-refractivity contribution in [2.45, 2.75) is 38.0 Å². The smallest absolute Gasteiger partial charge is 0.0719 e. The molecule has 1 nitrogen and oxygen atoms in total. The molecule has 9 aromatic carbocycles. The number of nitrogens with zero attached hydrogens (tertiary/aromatic N) is 1. The molecule has 0 bridgehead atoms. The quantitative estimate of drug-likeness (QED) is 0.162. The van der Waals surface area contributed by atoms with Crippen LogP contribution in [0, 0.1) is 5.92 Å². The number of hydrogen-bond donors (Lipinski definition) is 0. The van der Waals surface area contributed by atoms with Gasteiger partial charge in [0.15, 0.2) is 0 Å². The van der Waals surface area contributed by atoms with Crippen LogP contribution in [0.25, 0.3) is 49.7 Å². The first-order valence-corrected chi connectivity index (χ1v) is 22.8. The fraction of sp³-hybridized carbons (Fsp3) is 0.111. The summed E-state index contributed by atoms with van der Waals surface area (Å²) in [5.74, 6) is 0.547. The average molecular weight is 820 g/mol. The minimum atomic E-state index is -0.389. The molecule has 0 aromatic heterocycles. The summed E-state index contributed by atoms with van der Waals surface area (Å²) in [6, 6.07) is 77.4. The van der Waals surface area contributed by atoms with Crippen molar-refractivity contribution in [3.63, 3.8) is 0 Å². The Morgan fingerprint density at radius 1 is 0.406 bits per heavy atom. The molecule has 0 saturated heterocycles. The van der Waals surface area contributed by atoms with Crippen molar-refractivity contribution in [1.82, 2.24) is 0 Å². The molecule has 0 aliphatic heterocycles. The summed E-state index contributed by atoms with van der Waals surface area (Å²) in [5, 5.41) is 2.51. The summed E-state index contributed by atoms with van der Waals surface area (Å²) in [6.45, 7) is 7.06. The Balaban J connectivity index is 0.939. The van der Waals surface area contributed by atoms with Crippen LogP contribution in [0.1, 0.15) is 66.1 Å². The monoisotopic (exact) mass is 819 g/mol. The Morgan fingerprint density at radius 3 is 1.48 bits per heavy atom. The number of rotatable bonds is 6. The molecule has 12 rings (SSSR count). The van der Waals surface area contributed by atoms with Gasteiger partial charge in [-0.1, -0.05) is 197 Å². The van der Waals surface area contributed by atoms with Gasteiger partial charge in [0.25, 0.3) is 0 Å². The molecule has 0 radical (unpaired) electrons. The largest absolute Gasteiger partial charge is 0.311 e. The van der Waals surface area contributed by atoms with Crippen LogP contribution in [0.3, 0.4) is 0 Å². The Morgan fingerprint density at radius 2 is 0.875 bits per heavy atom. The lowest BCUT2D eigenvalue weighted by Crippen LogP contribution is -2.40. The third-order valence-corrected chi connectivity index (χ3v) is 14.5. The van der Waals surface area contributed by atoms with E-state index in [1.165, 1.54) is 88.7 Å². The lowest BCUT2D eigenvalue weighted by Gasteiger charge is -2.46. The van der Waals surface area contributed by atoms with E-state index in [0.29, 0.717) is 5.92 Å².